The van der Waals surface area contributed by atoms with Gasteiger partial charge in [-0.15, -0.1) is 0 Å². The first-order chi connectivity index (χ1) is 16.8. The molecule has 11 nitrogen and oxygen atoms in total. The number of carbonyl (C=O) groups is 3. The van der Waals surface area contributed by atoms with E-state index in [1.54, 1.807) is 24.4 Å². The van der Waals surface area contributed by atoms with Crippen molar-refractivity contribution in [3.63, 3.8) is 0 Å². The third-order valence-corrected chi connectivity index (χ3v) is 5.80. The molecule has 0 bridgehead atoms. The highest BCUT2D eigenvalue weighted by Gasteiger charge is 2.30. The molecule has 1 aliphatic carbocycles. The number of alkyl carbamates (subject to hydrolysis) is 1. The second-order valence-corrected chi connectivity index (χ2v) is 8.89. The van der Waals surface area contributed by atoms with Crippen molar-refractivity contribution in [3.05, 3.63) is 53.5 Å². The van der Waals surface area contributed by atoms with Crippen molar-refractivity contribution < 1.29 is 24.2 Å². The highest BCUT2D eigenvalue weighted by atomic mass is 16.6. The number of hydrogen-bond acceptors (Lipinski definition) is 7. The summed E-state index contributed by atoms with van der Waals surface area (Å²) in [6, 6.07) is 6.51. The largest absolute Gasteiger partial charge is 0.507 e. The highest BCUT2D eigenvalue weighted by Crippen LogP contribution is 2.35. The minimum atomic E-state index is -0.405. The van der Waals surface area contributed by atoms with E-state index in [1.807, 2.05) is 13.8 Å². The maximum Gasteiger partial charge on any atom is 0.407 e. The number of H-pyrrole nitrogens is 1. The van der Waals surface area contributed by atoms with Crippen molar-refractivity contribution in [2.75, 3.05) is 5.32 Å². The van der Waals surface area contributed by atoms with Gasteiger partial charge in [0.25, 0.3) is 0 Å². The Bertz CT molecular complexity index is 1220. The molecule has 2 heterocycles. The van der Waals surface area contributed by atoms with Crippen LogP contribution in [0.1, 0.15) is 60.6 Å². The first-order valence-electron chi connectivity index (χ1n) is 11.5. The number of aromatic nitrogens is 4. The summed E-state index contributed by atoms with van der Waals surface area (Å²) in [4.78, 5) is 35.7. The van der Waals surface area contributed by atoms with Gasteiger partial charge in [-0.3, -0.25) is 14.7 Å². The van der Waals surface area contributed by atoms with Crippen LogP contribution in [0.5, 0.6) is 5.75 Å². The van der Waals surface area contributed by atoms with Crippen LogP contribution in [0.3, 0.4) is 0 Å². The molecule has 1 aromatic carbocycles. The Balaban J connectivity index is 1.31. The third-order valence-electron chi connectivity index (χ3n) is 5.80. The quantitative estimate of drug-likeness (QED) is 0.362. The van der Waals surface area contributed by atoms with E-state index in [1.165, 1.54) is 16.9 Å². The Hall–Kier alpha value is -4.15. The molecule has 0 unspecified atom stereocenters. The Kier molecular flexibility index (Phi) is 7.14. The lowest BCUT2D eigenvalue weighted by atomic mass is 10.0. The average molecular weight is 481 g/mol. The Morgan fingerprint density at radius 2 is 2.17 bits per heavy atom. The van der Waals surface area contributed by atoms with E-state index in [0.717, 1.165) is 18.5 Å². The second kappa shape index (κ2) is 10.4. The fourth-order valence-corrected chi connectivity index (χ4v) is 4.18. The molecule has 0 saturated heterocycles. The maximum absolute atomic E-state index is 12.5. The number of anilines is 1. The summed E-state index contributed by atoms with van der Waals surface area (Å²) < 4.78 is 6.91. The predicted molar refractivity (Wildman–Crippen MR) is 127 cm³/mol. The van der Waals surface area contributed by atoms with E-state index in [-0.39, 0.29) is 41.7 Å². The van der Waals surface area contributed by atoms with Crippen molar-refractivity contribution in [1.29, 1.82) is 0 Å². The van der Waals surface area contributed by atoms with Crippen LogP contribution in [0.25, 0.3) is 5.69 Å². The minimum absolute atomic E-state index is 0.0216. The van der Waals surface area contributed by atoms with Gasteiger partial charge >= 0.3 is 6.09 Å². The Labute approximate surface area is 201 Å². The van der Waals surface area contributed by atoms with Gasteiger partial charge in [-0.05, 0) is 50.8 Å². The molecule has 1 fully saturated rings. The molecule has 2 atom stereocenters. The van der Waals surface area contributed by atoms with Gasteiger partial charge in [-0.2, -0.15) is 10.2 Å². The van der Waals surface area contributed by atoms with Crippen molar-refractivity contribution in [2.24, 2.45) is 0 Å². The summed E-state index contributed by atoms with van der Waals surface area (Å²) in [5.41, 5.74) is 2.06. The molecule has 11 heteroatoms. The third kappa shape index (κ3) is 5.86. The fourth-order valence-electron chi connectivity index (χ4n) is 4.18. The molecular formula is C24H28N6O5. The van der Waals surface area contributed by atoms with Crippen molar-refractivity contribution >= 4 is 24.1 Å². The van der Waals surface area contributed by atoms with Crippen LogP contribution in [0.15, 0.2) is 36.7 Å². The molecular weight excluding hydrogens is 452 g/mol. The summed E-state index contributed by atoms with van der Waals surface area (Å²) >= 11 is 0. The molecule has 4 rings (SSSR count). The van der Waals surface area contributed by atoms with Gasteiger partial charge in [0.1, 0.15) is 11.9 Å². The van der Waals surface area contributed by atoms with Gasteiger partial charge in [0.2, 0.25) is 5.91 Å². The number of aldehydes is 1. The first kappa shape index (κ1) is 24.0. The molecule has 1 aliphatic rings. The van der Waals surface area contributed by atoms with Crippen LogP contribution in [0, 0.1) is 0 Å². The molecule has 184 valence electrons. The van der Waals surface area contributed by atoms with Gasteiger partial charge < -0.3 is 20.5 Å². The fraction of sp³-hybridized carbons (Fsp3) is 0.375. The van der Waals surface area contributed by atoms with E-state index in [0.29, 0.717) is 29.8 Å². The van der Waals surface area contributed by atoms with E-state index >= 15 is 0 Å². The number of phenolic OH excluding ortho intramolecular Hbond substituents is 1. The number of aromatic amines is 1. The number of rotatable bonds is 8. The lowest BCUT2D eigenvalue weighted by molar-refractivity contribution is -0.115. The molecule has 0 radical (unpaired) electrons. The lowest BCUT2D eigenvalue weighted by Crippen LogP contribution is -2.33. The number of ether oxygens (including phenoxy) is 1. The number of benzene rings is 1. The summed E-state index contributed by atoms with van der Waals surface area (Å²) in [5, 5.41) is 26.7. The van der Waals surface area contributed by atoms with Crippen molar-refractivity contribution in [3.8, 4) is 11.4 Å². The topological polar surface area (TPSA) is 151 Å². The van der Waals surface area contributed by atoms with Crippen LogP contribution in [0.4, 0.5) is 10.6 Å². The summed E-state index contributed by atoms with van der Waals surface area (Å²) in [6.45, 7) is 3.76. The van der Waals surface area contributed by atoms with Crippen molar-refractivity contribution in [1.82, 2.24) is 25.3 Å². The normalized spacial score (nSPS) is 17.3. The second-order valence-electron chi connectivity index (χ2n) is 8.89. The Morgan fingerprint density at radius 1 is 1.34 bits per heavy atom. The lowest BCUT2D eigenvalue weighted by Gasteiger charge is -2.14. The van der Waals surface area contributed by atoms with Crippen LogP contribution in [-0.2, 0) is 16.0 Å². The Morgan fingerprint density at radius 3 is 2.94 bits per heavy atom. The molecule has 4 N–H and O–H groups in total. The number of phenols is 1. The number of hydrogen-bond donors (Lipinski definition) is 4. The number of nitrogens with zero attached hydrogens (tertiary/aromatic N) is 3. The highest BCUT2D eigenvalue weighted by molar-refractivity contribution is 5.91. The van der Waals surface area contributed by atoms with Crippen molar-refractivity contribution in [2.45, 2.75) is 57.6 Å². The molecule has 1 saturated carbocycles. The zero-order chi connectivity index (χ0) is 24.9. The smallest absolute Gasteiger partial charge is 0.407 e. The molecule has 0 aliphatic heterocycles. The molecule has 2 amide bonds. The van der Waals surface area contributed by atoms with Gasteiger partial charge in [0.05, 0.1) is 23.9 Å². The van der Waals surface area contributed by atoms with Gasteiger partial charge in [0.15, 0.2) is 12.1 Å². The summed E-state index contributed by atoms with van der Waals surface area (Å²) in [7, 11) is 0. The van der Waals surface area contributed by atoms with E-state index in [2.05, 4.69) is 25.9 Å². The monoisotopic (exact) mass is 480 g/mol. The maximum atomic E-state index is 12.5. The van der Waals surface area contributed by atoms with Crippen LogP contribution >= 0.6 is 0 Å². The predicted octanol–water partition coefficient (Wildman–Crippen LogP) is 3.07. The van der Waals surface area contributed by atoms with E-state index in [4.69, 9.17) is 4.74 Å². The summed E-state index contributed by atoms with van der Waals surface area (Å²) in [6.07, 6.45) is 5.54. The first-order valence-corrected chi connectivity index (χ1v) is 11.5. The van der Waals surface area contributed by atoms with E-state index in [9.17, 15) is 19.5 Å². The van der Waals surface area contributed by atoms with E-state index < -0.39 is 6.09 Å². The van der Waals surface area contributed by atoms with Gasteiger partial charge in [0, 0.05) is 29.9 Å². The van der Waals surface area contributed by atoms with Crippen LogP contribution in [-0.4, -0.2) is 55.5 Å². The molecule has 3 aromatic rings. The SMILES string of the molecule is CC(C)NC(=O)O[C@@H]1CC[C@H](c2cc(NC(=O)Cc3cnn(-c4cccc(O)c4C=O)c3)n[nH]2)C1. The number of amides is 2. The summed E-state index contributed by atoms with van der Waals surface area (Å²) in [5.74, 6) is 0.167. The number of aromatic hydroxyl groups is 1. The number of carbonyl (C=O) groups excluding carboxylic acids is 3. The minimum Gasteiger partial charge on any atom is -0.507 e. The van der Waals surface area contributed by atoms with Gasteiger partial charge in [-0.1, -0.05) is 6.07 Å². The number of nitrogens with one attached hydrogen (secondary N) is 3. The standard InChI is InChI=1S/C24H28N6O5/c1-14(2)26-24(34)35-17-7-6-16(9-17)19-10-22(29-28-19)27-23(33)8-15-11-25-30(12-15)20-4-3-5-21(32)18(20)13-31/h3-5,10-14,16-17,32H,6-9H2,1-2H3,(H,26,34)(H2,27,28,29,33)/t16-,17+/m0/s1. The van der Waals surface area contributed by atoms with Crippen LogP contribution in [0.2, 0.25) is 0 Å². The molecule has 0 spiro atoms. The average Bonchev–Trinajstić information content (AvgIpc) is 3.54. The van der Waals surface area contributed by atoms with Crippen LogP contribution < -0.4 is 10.6 Å². The zero-order valence-electron chi connectivity index (χ0n) is 19.5. The zero-order valence-corrected chi connectivity index (χ0v) is 19.5. The molecule has 2 aromatic heterocycles. The molecule has 35 heavy (non-hydrogen) atoms. The van der Waals surface area contributed by atoms with Gasteiger partial charge in [-0.25, -0.2) is 9.48 Å².